The first-order chi connectivity index (χ1) is 12.5. The molecule has 5 heteroatoms. The minimum absolute atomic E-state index is 0.0529. The third-order valence-electron chi connectivity index (χ3n) is 4.25. The Bertz CT molecular complexity index is 912. The molecule has 0 aliphatic rings. The highest BCUT2D eigenvalue weighted by atomic mass is 35.5. The first kappa shape index (κ1) is 18.2. The van der Waals surface area contributed by atoms with Gasteiger partial charge in [-0.15, -0.1) is 0 Å². The number of halogens is 1. The van der Waals surface area contributed by atoms with Gasteiger partial charge in [0.2, 0.25) is 0 Å². The molecule has 0 atom stereocenters. The van der Waals surface area contributed by atoms with Crippen molar-refractivity contribution in [2.75, 3.05) is 11.4 Å². The van der Waals surface area contributed by atoms with Crippen LogP contribution in [0.4, 0.5) is 5.69 Å². The van der Waals surface area contributed by atoms with Crippen LogP contribution in [0, 0.1) is 13.8 Å². The monoisotopic (exact) mass is 367 g/mol. The maximum atomic E-state index is 13.0. The minimum Gasteiger partial charge on any atom is -0.309 e. The zero-order valence-electron chi connectivity index (χ0n) is 15.2. The number of nitrogens with zero attached hydrogens (tertiary/aromatic N) is 3. The van der Waals surface area contributed by atoms with Crippen LogP contribution < -0.4 is 4.90 Å². The molecule has 0 unspecified atom stereocenters. The summed E-state index contributed by atoms with van der Waals surface area (Å²) >= 11 is 6.21. The number of benzene rings is 2. The maximum absolute atomic E-state index is 13.0. The summed E-state index contributed by atoms with van der Waals surface area (Å²) < 4.78 is 1.74. The van der Waals surface area contributed by atoms with Crippen molar-refractivity contribution in [2.24, 2.45) is 0 Å². The Balaban J connectivity index is 1.83. The lowest BCUT2D eigenvalue weighted by Gasteiger charge is -2.21. The van der Waals surface area contributed by atoms with Gasteiger partial charge in [0.25, 0.3) is 5.91 Å². The van der Waals surface area contributed by atoms with E-state index in [1.165, 1.54) is 0 Å². The summed E-state index contributed by atoms with van der Waals surface area (Å²) in [5.74, 6) is -0.0529. The van der Waals surface area contributed by atoms with E-state index in [1.807, 2.05) is 57.2 Å². The van der Waals surface area contributed by atoms with Gasteiger partial charge in [-0.2, -0.15) is 5.10 Å². The molecule has 3 aromatic rings. The number of aromatic nitrogens is 2. The summed E-state index contributed by atoms with van der Waals surface area (Å²) in [7, 11) is 0. The summed E-state index contributed by atoms with van der Waals surface area (Å²) in [5, 5.41) is 5.03. The van der Waals surface area contributed by atoms with Crippen molar-refractivity contribution in [1.82, 2.24) is 9.78 Å². The number of rotatable bonds is 5. The fourth-order valence-corrected chi connectivity index (χ4v) is 3.26. The van der Waals surface area contributed by atoms with Gasteiger partial charge in [-0.3, -0.25) is 9.48 Å². The third kappa shape index (κ3) is 3.97. The first-order valence-electron chi connectivity index (χ1n) is 8.64. The lowest BCUT2D eigenvalue weighted by atomic mass is 10.1. The topological polar surface area (TPSA) is 38.1 Å². The molecule has 0 saturated carbocycles. The van der Waals surface area contributed by atoms with Crippen LogP contribution in [0.25, 0.3) is 0 Å². The van der Waals surface area contributed by atoms with E-state index in [9.17, 15) is 4.79 Å². The highest BCUT2D eigenvalue weighted by Crippen LogP contribution is 2.21. The summed E-state index contributed by atoms with van der Waals surface area (Å²) in [6.45, 7) is 7.18. The van der Waals surface area contributed by atoms with E-state index in [0.29, 0.717) is 23.7 Å². The standard InChI is InChI=1S/C21H22ClN3O/c1-4-25(19-10-15(2)9-16(3)11-19)21(26)18-12-23-24(14-18)13-17-7-5-6-8-20(17)22/h5-12,14H,4,13H2,1-3H3. The second-order valence-electron chi connectivity index (χ2n) is 6.41. The van der Waals surface area contributed by atoms with Gasteiger partial charge in [0.05, 0.1) is 18.3 Å². The van der Waals surface area contributed by atoms with Crippen LogP contribution in [-0.4, -0.2) is 22.2 Å². The molecule has 1 heterocycles. The first-order valence-corrected chi connectivity index (χ1v) is 9.01. The molecule has 0 bridgehead atoms. The van der Waals surface area contributed by atoms with Crippen LogP contribution in [0.1, 0.15) is 34.0 Å². The van der Waals surface area contributed by atoms with Gasteiger partial charge < -0.3 is 4.90 Å². The fourth-order valence-electron chi connectivity index (χ4n) is 3.07. The number of hydrogen-bond donors (Lipinski definition) is 0. The Morgan fingerprint density at radius 3 is 2.50 bits per heavy atom. The van der Waals surface area contributed by atoms with Crippen molar-refractivity contribution >= 4 is 23.2 Å². The zero-order valence-corrected chi connectivity index (χ0v) is 16.0. The SMILES string of the molecule is CCN(C(=O)c1cnn(Cc2ccccc2Cl)c1)c1cc(C)cc(C)c1. The molecule has 0 N–H and O–H groups in total. The van der Waals surface area contributed by atoms with Crippen LogP contribution in [0.3, 0.4) is 0 Å². The van der Waals surface area contributed by atoms with Gasteiger partial charge in [-0.05, 0) is 55.7 Å². The smallest absolute Gasteiger partial charge is 0.261 e. The van der Waals surface area contributed by atoms with E-state index >= 15 is 0 Å². The van der Waals surface area contributed by atoms with Crippen LogP contribution in [0.2, 0.25) is 5.02 Å². The van der Waals surface area contributed by atoms with E-state index in [-0.39, 0.29) is 5.91 Å². The maximum Gasteiger partial charge on any atom is 0.261 e. The second kappa shape index (κ2) is 7.75. The van der Waals surface area contributed by atoms with Gasteiger partial charge in [0.15, 0.2) is 0 Å². The molecule has 2 aromatic carbocycles. The second-order valence-corrected chi connectivity index (χ2v) is 6.82. The average Bonchev–Trinajstić information content (AvgIpc) is 3.05. The van der Waals surface area contributed by atoms with Gasteiger partial charge in [-0.25, -0.2) is 0 Å². The Morgan fingerprint density at radius 2 is 1.85 bits per heavy atom. The number of carbonyl (C=O) groups excluding carboxylic acids is 1. The average molecular weight is 368 g/mol. The van der Waals surface area contributed by atoms with Crippen molar-refractivity contribution in [1.29, 1.82) is 0 Å². The molecular weight excluding hydrogens is 346 g/mol. The molecule has 0 radical (unpaired) electrons. The molecule has 1 amide bonds. The van der Waals surface area contributed by atoms with Crippen molar-refractivity contribution < 1.29 is 4.79 Å². The lowest BCUT2D eigenvalue weighted by molar-refractivity contribution is 0.0988. The van der Waals surface area contributed by atoms with E-state index < -0.39 is 0 Å². The zero-order chi connectivity index (χ0) is 18.7. The number of amides is 1. The van der Waals surface area contributed by atoms with Crippen molar-refractivity contribution in [3.63, 3.8) is 0 Å². The predicted octanol–water partition coefficient (Wildman–Crippen LogP) is 4.87. The quantitative estimate of drug-likeness (QED) is 0.645. The summed E-state index contributed by atoms with van der Waals surface area (Å²) in [6, 6.07) is 13.8. The van der Waals surface area contributed by atoms with Crippen molar-refractivity contribution in [3.05, 3.63) is 82.1 Å². The fraction of sp³-hybridized carbons (Fsp3) is 0.238. The highest BCUT2D eigenvalue weighted by Gasteiger charge is 2.18. The van der Waals surface area contributed by atoms with Gasteiger partial charge >= 0.3 is 0 Å². The van der Waals surface area contributed by atoms with E-state index in [4.69, 9.17) is 11.6 Å². The van der Waals surface area contributed by atoms with Crippen LogP contribution in [-0.2, 0) is 6.54 Å². The molecule has 1 aromatic heterocycles. The molecular formula is C21H22ClN3O. The van der Waals surface area contributed by atoms with E-state index in [0.717, 1.165) is 22.4 Å². The Hall–Kier alpha value is -2.59. The van der Waals surface area contributed by atoms with E-state index in [1.54, 1.807) is 22.0 Å². The largest absolute Gasteiger partial charge is 0.309 e. The van der Waals surface area contributed by atoms with Crippen LogP contribution >= 0.6 is 11.6 Å². The predicted molar refractivity (Wildman–Crippen MR) is 106 cm³/mol. The third-order valence-corrected chi connectivity index (χ3v) is 4.62. The summed E-state index contributed by atoms with van der Waals surface area (Å²) in [5.41, 5.74) is 4.73. The highest BCUT2D eigenvalue weighted by molar-refractivity contribution is 6.31. The lowest BCUT2D eigenvalue weighted by Crippen LogP contribution is -2.30. The Kier molecular flexibility index (Phi) is 5.43. The number of aryl methyl sites for hydroxylation is 2. The van der Waals surface area contributed by atoms with Crippen molar-refractivity contribution in [3.8, 4) is 0 Å². The molecule has 3 rings (SSSR count). The molecule has 0 saturated heterocycles. The number of carbonyl (C=O) groups is 1. The summed E-state index contributed by atoms with van der Waals surface area (Å²) in [4.78, 5) is 14.8. The molecule has 0 spiro atoms. The number of hydrogen-bond acceptors (Lipinski definition) is 2. The normalized spacial score (nSPS) is 10.8. The molecule has 134 valence electrons. The Morgan fingerprint density at radius 1 is 1.15 bits per heavy atom. The molecule has 26 heavy (non-hydrogen) atoms. The van der Waals surface area contributed by atoms with Crippen molar-refractivity contribution in [2.45, 2.75) is 27.3 Å². The summed E-state index contributed by atoms with van der Waals surface area (Å²) in [6.07, 6.45) is 3.39. The Labute approximate surface area is 159 Å². The van der Waals surface area contributed by atoms with Crippen LogP contribution in [0.15, 0.2) is 54.9 Å². The molecule has 0 aliphatic heterocycles. The minimum atomic E-state index is -0.0529. The number of anilines is 1. The van der Waals surface area contributed by atoms with Crippen LogP contribution in [0.5, 0.6) is 0 Å². The van der Waals surface area contributed by atoms with Gasteiger partial charge in [0.1, 0.15) is 0 Å². The van der Waals surface area contributed by atoms with E-state index in [2.05, 4.69) is 11.2 Å². The van der Waals surface area contributed by atoms with Gasteiger partial charge in [0, 0.05) is 23.5 Å². The van der Waals surface area contributed by atoms with Gasteiger partial charge in [-0.1, -0.05) is 35.9 Å². The molecule has 4 nitrogen and oxygen atoms in total. The molecule has 0 aliphatic carbocycles. The molecule has 0 fully saturated rings.